The standard InChI is InChI=1S/C53H57O2Si3/c1-2-3-4-5-6-7-8-9-31-46-56(47-32-17-10-18-33-47,54-57(48-34-19-11-20-35-48,49-36-21-12-22-37-49)50-38-23-13-24-39-50)55-58(51-40-25-14-26-41-51,52-42-27-15-28-43-52)53-44-29-16-30-45-53/h10-30,32-45H,1-9,31,46H2. The van der Waals surface area contributed by atoms with Crippen molar-refractivity contribution in [3.05, 3.63) is 219 Å². The Morgan fingerprint density at radius 2 is 0.500 bits per heavy atom. The average Bonchev–Trinajstić information content (AvgIpc) is 3.31. The van der Waals surface area contributed by atoms with E-state index in [0.29, 0.717) is 0 Å². The number of unbranched alkanes of at least 4 members (excludes halogenated alkanes) is 8. The van der Waals surface area contributed by atoms with E-state index < -0.39 is 25.2 Å². The molecule has 0 atom stereocenters. The number of rotatable bonds is 21. The van der Waals surface area contributed by atoms with Crippen LogP contribution in [-0.2, 0) is 8.23 Å². The van der Waals surface area contributed by atoms with Crippen LogP contribution in [0.2, 0.25) is 6.04 Å². The lowest BCUT2D eigenvalue weighted by atomic mass is 10.1. The molecule has 0 saturated heterocycles. The first-order valence-electron chi connectivity index (χ1n) is 21.3. The zero-order valence-corrected chi connectivity index (χ0v) is 36.8. The third-order valence-electron chi connectivity index (χ3n) is 11.4. The highest BCUT2D eigenvalue weighted by atomic mass is 28.5. The molecule has 2 nitrogen and oxygen atoms in total. The monoisotopic (exact) mass is 809 g/mol. The van der Waals surface area contributed by atoms with Crippen molar-refractivity contribution in [3.8, 4) is 0 Å². The predicted molar refractivity (Wildman–Crippen MR) is 254 cm³/mol. The van der Waals surface area contributed by atoms with Crippen LogP contribution in [0.1, 0.15) is 57.8 Å². The van der Waals surface area contributed by atoms with Crippen LogP contribution < -0.4 is 36.3 Å². The van der Waals surface area contributed by atoms with Gasteiger partial charge in [0.15, 0.2) is 0 Å². The summed E-state index contributed by atoms with van der Waals surface area (Å²) in [5, 5.41) is 8.50. The van der Waals surface area contributed by atoms with Gasteiger partial charge in [-0.2, -0.15) is 0 Å². The summed E-state index contributed by atoms with van der Waals surface area (Å²) in [6.07, 6.45) is 10.7. The summed E-state index contributed by atoms with van der Waals surface area (Å²) < 4.78 is 17.3. The Hall–Kier alpha value is -4.89. The Labute approximate surface area is 351 Å². The summed E-state index contributed by atoms with van der Waals surface area (Å²) in [5.41, 5.74) is 0. The molecule has 0 bridgehead atoms. The topological polar surface area (TPSA) is 18.5 Å². The van der Waals surface area contributed by atoms with Crippen LogP contribution in [0, 0.1) is 6.92 Å². The lowest BCUT2D eigenvalue weighted by Crippen LogP contribution is -2.80. The molecule has 0 spiro atoms. The Morgan fingerprint density at radius 1 is 0.276 bits per heavy atom. The van der Waals surface area contributed by atoms with E-state index in [4.69, 9.17) is 8.23 Å². The van der Waals surface area contributed by atoms with Crippen LogP contribution in [0.15, 0.2) is 212 Å². The maximum Gasteiger partial charge on any atom is 0.353 e. The van der Waals surface area contributed by atoms with Gasteiger partial charge in [-0.1, -0.05) is 277 Å². The molecule has 7 aromatic carbocycles. The zero-order chi connectivity index (χ0) is 39.8. The third kappa shape index (κ3) is 9.36. The maximum absolute atomic E-state index is 8.65. The van der Waals surface area contributed by atoms with E-state index in [2.05, 4.69) is 219 Å². The van der Waals surface area contributed by atoms with Crippen molar-refractivity contribution < 1.29 is 8.23 Å². The SMILES string of the molecule is [CH2]CCCCCCCCCC[Si](O[Si](c1ccccc1)(c1ccccc1)c1ccccc1)(O[Si](c1ccccc1)(c1ccccc1)c1ccccc1)c1ccccc1. The van der Waals surface area contributed by atoms with Crippen LogP contribution in [0.25, 0.3) is 0 Å². The Kier molecular flexibility index (Phi) is 14.7. The largest absolute Gasteiger partial charge is 0.422 e. The van der Waals surface area contributed by atoms with Gasteiger partial charge in [0.25, 0.3) is 16.6 Å². The molecule has 0 saturated carbocycles. The van der Waals surface area contributed by atoms with E-state index in [1.165, 1.54) is 74.8 Å². The Morgan fingerprint density at radius 3 is 0.759 bits per heavy atom. The van der Waals surface area contributed by atoms with Crippen molar-refractivity contribution in [2.24, 2.45) is 0 Å². The number of hydrogen-bond acceptors (Lipinski definition) is 2. The van der Waals surface area contributed by atoms with E-state index in [9.17, 15) is 0 Å². The van der Waals surface area contributed by atoms with Crippen molar-refractivity contribution in [1.82, 2.24) is 0 Å². The first-order valence-corrected chi connectivity index (χ1v) is 27.1. The van der Waals surface area contributed by atoms with Crippen molar-refractivity contribution in [1.29, 1.82) is 0 Å². The summed E-state index contributed by atoms with van der Waals surface area (Å²) >= 11 is 0. The molecule has 0 aliphatic carbocycles. The maximum atomic E-state index is 8.65. The second-order valence-electron chi connectivity index (χ2n) is 15.3. The van der Waals surface area contributed by atoms with Crippen molar-refractivity contribution in [2.45, 2.75) is 63.8 Å². The van der Waals surface area contributed by atoms with Crippen LogP contribution in [-0.4, -0.2) is 25.2 Å². The van der Waals surface area contributed by atoms with Gasteiger partial charge in [0, 0.05) is 0 Å². The van der Waals surface area contributed by atoms with Gasteiger partial charge >= 0.3 is 8.56 Å². The van der Waals surface area contributed by atoms with E-state index >= 15 is 0 Å². The summed E-state index contributed by atoms with van der Waals surface area (Å²) in [5.74, 6) is 0. The average molecular weight is 810 g/mol. The molecule has 0 fully saturated rings. The first-order chi connectivity index (χ1) is 28.7. The minimum absolute atomic E-state index is 0.834. The molecule has 0 aliphatic heterocycles. The fraction of sp³-hybridized carbons (Fsp3) is 0.189. The second-order valence-corrected chi connectivity index (χ2v) is 25.7. The van der Waals surface area contributed by atoms with Gasteiger partial charge in [-0.15, -0.1) is 0 Å². The summed E-state index contributed by atoms with van der Waals surface area (Å²) in [7, 11) is -10.1. The van der Waals surface area contributed by atoms with E-state index in [1.54, 1.807) is 0 Å². The fourth-order valence-electron chi connectivity index (χ4n) is 8.56. The van der Waals surface area contributed by atoms with Crippen LogP contribution in [0.3, 0.4) is 0 Å². The normalized spacial score (nSPS) is 12.0. The molecule has 0 unspecified atom stereocenters. The van der Waals surface area contributed by atoms with E-state index in [0.717, 1.165) is 25.3 Å². The lowest BCUT2D eigenvalue weighted by Gasteiger charge is -2.47. The molecule has 0 amide bonds. The molecule has 7 aromatic rings. The molecule has 7 rings (SSSR count). The summed E-state index contributed by atoms with van der Waals surface area (Å²) in [4.78, 5) is 0. The molecule has 1 radical (unpaired) electrons. The van der Waals surface area contributed by atoms with Crippen molar-refractivity contribution in [2.75, 3.05) is 0 Å². The minimum Gasteiger partial charge on any atom is -0.422 e. The predicted octanol–water partition coefficient (Wildman–Crippen LogP) is 9.05. The minimum atomic E-state index is -3.51. The molecule has 0 aliphatic rings. The molecular weight excluding hydrogens is 753 g/mol. The number of hydrogen-bond donors (Lipinski definition) is 0. The van der Waals surface area contributed by atoms with Crippen molar-refractivity contribution in [3.63, 3.8) is 0 Å². The quantitative estimate of drug-likeness (QED) is 0.0410. The van der Waals surface area contributed by atoms with Crippen LogP contribution >= 0.6 is 0 Å². The van der Waals surface area contributed by atoms with Gasteiger partial charge in [-0.25, -0.2) is 0 Å². The number of benzene rings is 7. The Bertz CT molecular complexity index is 1870. The first kappa shape index (κ1) is 41.3. The van der Waals surface area contributed by atoms with Gasteiger partial charge in [-0.05, 0) is 42.4 Å². The van der Waals surface area contributed by atoms with Gasteiger partial charge < -0.3 is 8.23 Å². The molecule has 5 heteroatoms. The molecule has 0 heterocycles. The van der Waals surface area contributed by atoms with Gasteiger partial charge in [0.2, 0.25) is 0 Å². The van der Waals surface area contributed by atoms with Crippen molar-refractivity contribution >= 4 is 61.5 Å². The molecular formula is C53H57O2Si3. The highest BCUT2D eigenvalue weighted by molar-refractivity contribution is 7.15. The third-order valence-corrected chi connectivity index (χ3v) is 25.6. The molecule has 58 heavy (non-hydrogen) atoms. The van der Waals surface area contributed by atoms with E-state index in [1.807, 2.05) is 0 Å². The van der Waals surface area contributed by atoms with Crippen LogP contribution in [0.4, 0.5) is 0 Å². The van der Waals surface area contributed by atoms with Gasteiger partial charge in [0.1, 0.15) is 0 Å². The van der Waals surface area contributed by atoms with E-state index in [-0.39, 0.29) is 0 Å². The zero-order valence-electron chi connectivity index (χ0n) is 33.8. The van der Waals surface area contributed by atoms with Gasteiger partial charge in [-0.3, -0.25) is 0 Å². The summed E-state index contributed by atoms with van der Waals surface area (Å²) in [6, 6.07) is 78.2. The highest BCUT2D eigenvalue weighted by Crippen LogP contribution is 2.29. The van der Waals surface area contributed by atoms with Crippen LogP contribution in [0.5, 0.6) is 0 Å². The lowest BCUT2D eigenvalue weighted by molar-refractivity contribution is 0.404. The molecule has 0 aromatic heterocycles. The fourth-order valence-corrected chi connectivity index (χ4v) is 25.3. The molecule has 293 valence electrons. The Balaban J connectivity index is 1.49. The van der Waals surface area contributed by atoms with Gasteiger partial charge in [0.05, 0.1) is 0 Å². The molecule has 0 N–H and O–H groups in total. The second kappa shape index (κ2) is 20.7. The smallest absolute Gasteiger partial charge is 0.353 e. The summed E-state index contributed by atoms with van der Waals surface area (Å²) in [6.45, 7) is 4.04. The highest BCUT2D eigenvalue weighted by Gasteiger charge is 2.57.